The molecule has 0 bridgehead atoms. The van der Waals surface area contributed by atoms with Crippen molar-refractivity contribution in [1.29, 1.82) is 0 Å². The van der Waals surface area contributed by atoms with Gasteiger partial charge < -0.3 is 14.2 Å². The smallest absolute Gasteiger partial charge is 0.334 e. The minimum Gasteiger partial charge on any atom is -0.458 e. The Morgan fingerprint density at radius 2 is 2.23 bits per heavy atom. The summed E-state index contributed by atoms with van der Waals surface area (Å²) in [6.07, 6.45) is 3.68. The number of epoxide rings is 1. The van der Waals surface area contributed by atoms with Gasteiger partial charge in [0.2, 0.25) is 0 Å². The summed E-state index contributed by atoms with van der Waals surface area (Å²) in [7, 11) is 0. The van der Waals surface area contributed by atoms with E-state index in [2.05, 4.69) is 6.58 Å². The molecule has 2 heterocycles. The summed E-state index contributed by atoms with van der Waals surface area (Å²) in [5.41, 5.74) is 1.24. The van der Waals surface area contributed by atoms with Crippen LogP contribution in [0.4, 0.5) is 0 Å². The lowest BCUT2D eigenvalue weighted by Gasteiger charge is -2.27. The van der Waals surface area contributed by atoms with Gasteiger partial charge in [0.25, 0.3) is 0 Å². The Balaban J connectivity index is 1.95. The third-order valence-electron chi connectivity index (χ3n) is 4.87. The summed E-state index contributed by atoms with van der Waals surface area (Å²) >= 11 is 0. The van der Waals surface area contributed by atoms with Crippen LogP contribution in [0, 0.1) is 5.92 Å². The maximum absolute atomic E-state index is 12.0. The first kappa shape index (κ1) is 15.3. The van der Waals surface area contributed by atoms with Crippen molar-refractivity contribution in [3.8, 4) is 0 Å². The van der Waals surface area contributed by atoms with Gasteiger partial charge in [0, 0.05) is 18.9 Å². The topological polar surface area (TPSA) is 65.1 Å². The Kier molecular flexibility index (Phi) is 3.63. The van der Waals surface area contributed by atoms with Gasteiger partial charge >= 0.3 is 11.9 Å². The van der Waals surface area contributed by atoms with Crippen LogP contribution in [0.2, 0.25) is 0 Å². The molecule has 0 aromatic heterocycles. The molecule has 0 aromatic rings. The molecule has 0 N–H and O–H groups in total. The maximum Gasteiger partial charge on any atom is 0.334 e. The van der Waals surface area contributed by atoms with E-state index in [0.717, 1.165) is 18.4 Å². The van der Waals surface area contributed by atoms with Crippen molar-refractivity contribution in [3.05, 3.63) is 23.8 Å². The summed E-state index contributed by atoms with van der Waals surface area (Å²) in [5.74, 6) is -1.12. The fraction of sp³-hybridized carbons (Fsp3) is 0.647. The van der Waals surface area contributed by atoms with Gasteiger partial charge in [-0.25, -0.2) is 4.79 Å². The molecule has 0 amide bonds. The van der Waals surface area contributed by atoms with Crippen LogP contribution in [-0.2, 0) is 23.8 Å². The maximum atomic E-state index is 12.0. The van der Waals surface area contributed by atoms with Crippen LogP contribution in [0.3, 0.4) is 0 Å². The second kappa shape index (κ2) is 5.23. The predicted molar refractivity (Wildman–Crippen MR) is 79.0 cm³/mol. The van der Waals surface area contributed by atoms with Crippen molar-refractivity contribution >= 4 is 11.9 Å². The van der Waals surface area contributed by atoms with Crippen LogP contribution in [0.15, 0.2) is 23.8 Å². The third-order valence-corrected chi connectivity index (χ3v) is 4.87. The third kappa shape index (κ3) is 2.70. The summed E-state index contributed by atoms with van der Waals surface area (Å²) in [6.45, 7) is 9.28. The van der Waals surface area contributed by atoms with Crippen LogP contribution < -0.4 is 0 Å². The molecule has 0 unspecified atom stereocenters. The van der Waals surface area contributed by atoms with E-state index >= 15 is 0 Å². The molecule has 2 saturated heterocycles. The summed E-state index contributed by atoms with van der Waals surface area (Å²) in [6, 6.07) is 0. The van der Waals surface area contributed by atoms with Crippen molar-refractivity contribution < 1.29 is 23.8 Å². The molecule has 5 nitrogen and oxygen atoms in total. The van der Waals surface area contributed by atoms with Gasteiger partial charge in [-0.1, -0.05) is 12.2 Å². The first-order valence-electron chi connectivity index (χ1n) is 7.72. The highest BCUT2D eigenvalue weighted by Crippen LogP contribution is 2.48. The number of allylic oxidation sites excluding steroid dienone is 1. The number of esters is 2. The molecule has 5 heteroatoms. The largest absolute Gasteiger partial charge is 0.458 e. The second-order valence-electron chi connectivity index (χ2n) is 6.74. The Hall–Kier alpha value is -1.62. The summed E-state index contributed by atoms with van der Waals surface area (Å²) in [4.78, 5) is 23.4. The van der Waals surface area contributed by atoms with E-state index in [1.165, 1.54) is 6.92 Å². The number of hydrogen-bond donors (Lipinski definition) is 0. The van der Waals surface area contributed by atoms with E-state index in [1.807, 2.05) is 19.9 Å². The highest BCUT2D eigenvalue weighted by molar-refractivity contribution is 5.91. The van der Waals surface area contributed by atoms with Gasteiger partial charge in [0.15, 0.2) is 0 Å². The standard InChI is InChI=1S/C17H22O5/c1-9-5-6-14-17(4,22-14)8-13-15(10(2)16(19)21-13)12(7-9)20-11(3)18/h7,12-15H,2,5-6,8H2,1,3-4H3/b9-7-/t12-,13+,14-,15+,17+/m0/s1. The first-order chi connectivity index (χ1) is 10.3. The molecule has 120 valence electrons. The minimum absolute atomic E-state index is 0.203. The van der Waals surface area contributed by atoms with Gasteiger partial charge in [0.05, 0.1) is 17.6 Å². The average Bonchev–Trinajstić information content (AvgIpc) is 2.96. The van der Waals surface area contributed by atoms with Crippen molar-refractivity contribution in [1.82, 2.24) is 0 Å². The molecule has 1 aliphatic carbocycles. The second-order valence-corrected chi connectivity index (χ2v) is 6.74. The highest BCUT2D eigenvalue weighted by atomic mass is 16.6. The van der Waals surface area contributed by atoms with Crippen molar-refractivity contribution in [2.45, 2.75) is 63.9 Å². The number of ether oxygens (including phenoxy) is 3. The van der Waals surface area contributed by atoms with E-state index in [1.54, 1.807) is 0 Å². The summed E-state index contributed by atoms with van der Waals surface area (Å²) in [5, 5.41) is 0. The number of hydrogen-bond acceptors (Lipinski definition) is 5. The SMILES string of the molecule is C=C1C(=O)O[C@@H]2C[C@@]3(C)O[C@H]3CC/C(C)=C\[C@H](OC(C)=O)[C@@H]12. The van der Waals surface area contributed by atoms with Crippen LogP contribution in [0.1, 0.15) is 40.0 Å². The number of carbonyl (C=O) groups excluding carboxylic acids is 2. The van der Waals surface area contributed by atoms with Crippen LogP contribution in [0.25, 0.3) is 0 Å². The fourth-order valence-electron chi connectivity index (χ4n) is 3.58. The number of rotatable bonds is 1. The zero-order valence-corrected chi connectivity index (χ0v) is 13.3. The molecule has 2 fully saturated rings. The molecule has 3 rings (SSSR count). The van der Waals surface area contributed by atoms with E-state index in [4.69, 9.17) is 14.2 Å². The first-order valence-corrected chi connectivity index (χ1v) is 7.72. The summed E-state index contributed by atoms with van der Waals surface area (Å²) < 4.78 is 16.8. The molecule has 5 atom stereocenters. The number of fused-ring (bicyclic) bond motifs is 2. The highest BCUT2D eigenvalue weighted by Gasteiger charge is 2.57. The molecular formula is C17H22O5. The average molecular weight is 306 g/mol. The zero-order chi connectivity index (χ0) is 16.1. The quantitative estimate of drug-likeness (QED) is 0.322. The molecule has 22 heavy (non-hydrogen) atoms. The minimum atomic E-state index is -0.514. The van der Waals surface area contributed by atoms with Crippen LogP contribution >= 0.6 is 0 Å². The normalized spacial score (nSPS) is 43.3. The van der Waals surface area contributed by atoms with Crippen molar-refractivity contribution in [2.75, 3.05) is 0 Å². The molecule has 0 saturated carbocycles. The Morgan fingerprint density at radius 1 is 1.50 bits per heavy atom. The Labute approximate surface area is 130 Å². The molecule has 0 aromatic carbocycles. The van der Waals surface area contributed by atoms with Crippen molar-refractivity contribution in [3.63, 3.8) is 0 Å². The van der Waals surface area contributed by atoms with E-state index in [-0.39, 0.29) is 29.7 Å². The Bertz CT molecular complexity index is 563. The van der Waals surface area contributed by atoms with Gasteiger partial charge in [-0.3, -0.25) is 4.79 Å². The molecular weight excluding hydrogens is 284 g/mol. The lowest BCUT2D eigenvalue weighted by molar-refractivity contribution is -0.147. The van der Waals surface area contributed by atoms with Gasteiger partial charge in [-0.15, -0.1) is 0 Å². The Morgan fingerprint density at radius 3 is 2.91 bits per heavy atom. The molecule has 0 radical (unpaired) electrons. The lowest BCUT2D eigenvalue weighted by atomic mass is 9.83. The number of carbonyl (C=O) groups is 2. The van der Waals surface area contributed by atoms with Crippen molar-refractivity contribution in [2.24, 2.45) is 5.92 Å². The fourth-order valence-corrected chi connectivity index (χ4v) is 3.58. The van der Waals surface area contributed by atoms with Crippen LogP contribution in [0.5, 0.6) is 0 Å². The van der Waals surface area contributed by atoms with E-state index < -0.39 is 12.1 Å². The van der Waals surface area contributed by atoms with Gasteiger partial charge in [-0.2, -0.15) is 0 Å². The monoisotopic (exact) mass is 306 g/mol. The zero-order valence-electron chi connectivity index (χ0n) is 13.3. The van der Waals surface area contributed by atoms with Gasteiger partial charge in [-0.05, 0) is 32.8 Å². The lowest BCUT2D eigenvalue weighted by Crippen LogP contribution is -2.35. The van der Waals surface area contributed by atoms with Crippen LogP contribution in [-0.4, -0.2) is 35.9 Å². The molecule has 3 aliphatic rings. The van der Waals surface area contributed by atoms with Gasteiger partial charge in [0.1, 0.15) is 12.2 Å². The van der Waals surface area contributed by atoms with E-state index in [0.29, 0.717) is 12.0 Å². The van der Waals surface area contributed by atoms with E-state index in [9.17, 15) is 9.59 Å². The molecule has 0 spiro atoms. The predicted octanol–water partition coefficient (Wildman–Crippen LogP) is 2.30. The molecule has 2 aliphatic heterocycles.